The number of ether oxygens (including phenoxy) is 3. The van der Waals surface area contributed by atoms with Crippen molar-refractivity contribution in [2.45, 2.75) is 26.8 Å². The van der Waals surface area contributed by atoms with E-state index in [9.17, 15) is 9.59 Å². The van der Waals surface area contributed by atoms with E-state index >= 15 is 0 Å². The zero-order valence-electron chi connectivity index (χ0n) is 15.4. The predicted molar refractivity (Wildman–Crippen MR) is 100 cm³/mol. The summed E-state index contributed by atoms with van der Waals surface area (Å²) in [7, 11) is 3.03. The lowest BCUT2D eigenvalue weighted by molar-refractivity contribution is -0.140. The molecule has 0 aliphatic carbocycles. The summed E-state index contributed by atoms with van der Waals surface area (Å²) in [5, 5.41) is 5.39. The normalized spacial score (nSPS) is 16.9. The van der Waals surface area contributed by atoms with Crippen molar-refractivity contribution in [1.29, 1.82) is 0 Å². The summed E-state index contributed by atoms with van der Waals surface area (Å²) in [6.07, 6.45) is 0. The molecule has 0 aromatic heterocycles. The predicted octanol–water partition coefficient (Wildman–Crippen LogP) is 3.29. The molecule has 0 radical (unpaired) electrons. The number of carbonyl (C=O) groups is 2. The van der Waals surface area contributed by atoms with E-state index in [4.69, 9.17) is 14.2 Å². The van der Waals surface area contributed by atoms with E-state index in [2.05, 4.69) is 26.6 Å². The molecule has 0 fully saturated rings. The van der Waals surface area contributed by atoms with Crippen LogP contribution >= 0.6 is 15.9 Å². The van der Waals surface area contributed by atoms with E-state index in [1.807, 2.05) is 13.8 Å². The number of hydrogen-bond acceptors (Lipinski definition) is 5. The van der Waals surface area contributed by atoms with Crippen LogP contribution in [0.2, 0.25) is 0 Å². The van der Waals surface area contributed by atoms with Gasteiger partial charge in [0.05, 0.1) is 32.4 Å². The minimum absolute atomic E-state index is 0.199. The number of urea groups is 1. The van der Waals surface area contributed by atoms with E-state index in [-0.39, 0.29) is 12.5 Å². The van der Waals surface area contributed by atoms with Gasteiger partial charge in [-0.2, -0.15) is 0 Å². The number of hydrogen-bond donors (Lipinski definition) is 2. The molecule has 1 aromatic carbocycles. The third-order valence-corrected chi connectivity index (χ3v) is 4.28. The van der Waals surface area contributed by atoms with Crippen LogP contribution in [0.15, 0.2) is 27.9 Å². The smallest absolute Gasteiger partial charge is 0.338 e. The number of nitrogens with one attached hydrogen (secondary N) is 2. The number of carbonyl (C=O) groups excluding carboxylic acids is 2. The van der Waals surface area contributed by atoms with Gasteiger partial charge < -0.3 is 24.8 Å². The molecule has 1 aliphatic heterocycles. The molecule has 142 valence electrons. The van der Waals surface area contributed by atoms with Crippen molar-refractivity contribution in [2.24, 2.45) is 5.92 Å². The highest BCUT2D eigenvalue weighted by Crippen LogP contribution is 2.41. The SMILES string of the molecule is COc1cc(Br)cc(C2NC(=O)NC(C)=C2C(=O)OCC(C)C)c1OC. The summed E-state index contributed by atoms with van der Waals surface area (Å²) in [4.78, 5) is 24.7. The van der Waals surface area contributed by atoms with Gasteiger partial charge in [0.25, 0.3) is 0 Å². The molecule has 0 saturated heterocycles. The molecule has 1 aliphatic rings. The molecule has 1 unspecified atom stereocenters. The van der Waals surface area contributed by atoms with Crippen LogP contribution in [0.5, 0.6) is 11.5 Å². The summed E-state index contributed by atoms with van der Waals surface area (Å²) >= 11 is 3.42. The summed E-state index contributed by atoms with van der Waals surface area (Å²) in [5.41, 5.74) is 1.35. The van der Waals surface area contributed by atoms with Crippen molar-refractivity contribution in [3.05, 3.63) is 33.4 Å². The number of benzene rings is 1. The second kappa shape index (κ2) is 8.44. The molecule has 1 aromatic rings. The van der Waals surface area contributed by atoms with Crippen molar-refractivity contribution >= 4 is 27.9 Å². The second-order valence-electron chi connectivity index (χ2n) is 6.29. The number of rotatable bonds is 6. The zero-order chi connectivity index (χ0) is 19.4. The van der Waals surface area contributed by atoms with Gasteiger partial charge in [0, 0.05) is 15.7 Å². The Bertz CT molecular complexity index is 745. The third kappa shape index (κ3) is 4.30. The molecular formula is C18H23BrN2O5. The second-order valence-corrected chi connectivity index (χ2v) is 7.21. The van der Waals surface area contributed by atoms with Gasteiger partial charge in [-0.3, -0.25) is 0 Å². The highest BCUT2D eigenvalue weighted by Gasteiger charge is 2.35. The van der Waals surface area contributed by atoms with Gasteiger partial charge in [0.2, 0.25) is 0 Å². The van der Waals surface area contributed by atoms with E-state index in [0.717, 1.165) is 4.47 Å². The van der Waals surface area contributed by atoms with Gasteiger partial charge >= 0.3 is 12.0 Å². The molecule has 2 rings (SSSR count). The van der Waals surface area contributed by atoms with Gasteiger partial charge in [-0.05, 0) is 25.0 Å². The lowest BCUT2D eigenvalue weighted by atomic mass is 9.94. The molecule has 1 atom stereocenters. The van der Waals surface area contributed by atoms with Crippen molar-refractivity contribution in [3.63, 3.8) is 0 Å². The first-order valence-corrected chi connectivity index (χ1v) is 8.94. The Morgan fingerprint density at radius 1 is 1.27 bits per heavy atom. The van der Waals surface area contributed by atoms with Gasteiger partial charge in [-0.15, -0.1) is 0 Å². The Balaban J connectivity index is 2.54. The largest absolute Gasteiger partial charge is 0.493 e. The fourth-order valence-corrected chi connectivity index (χ4v) is 3.15. The molecule has 26 heavy (non-hydrogen) atoms. The Morgan fingerprint density at radius 2 is 1.96 bits per heavy atom. The number of esters is 1. The summed E-state index contributed by atoms with van der Waals surface area (Å²) in [5.74, 6) is 0.627. The minimum Gasteiger partial charge on any atom is -0.493 e. The quantitative estimate of drug-likeness (QED) is 0.681. The lowest BCUT2D eigenvalue weighted by Gasteiger charge is -2.29. The molecule has 0 saturated carbocycles. The molecule has 0 spiro atoms. The third-order valence-electron chi connectivity index (χ3n) is 3.82. The first-order chi connectivity index (χ1) is 12.3. The van der Waals surface area contributed by atoms with Crippen LogP contribution in [-0.4, -0.2) is 32.8 Å². The molecule has 2 amide bonds. The lowest BCUT2D eigenvalue weighted by Crippen LogP contribution is -2.45. The minimum atomic E-state index is -0.732. The standard InChI is InChI=1S/C18H23BrN2O5/c1-9(2)8-26-17(22)14-10(3)20-18(23)21-15(14)12-6-11(19)7-13(24-4)16(12)25-5/h6-7,9,15H,8H2,1-5H3,(H2,20,21,23). The van der Waals surface area contributed by atoms with Crippen molar-refractivity contribution in [3.8, 4) is 11.5 Å². The Morgan fingerprint density at radius 3 is 2.54 bits per heavy atom. The Hall–Kier alpha value is -2.22. The average Bonchev–Trinajstić information content (AvgIpc) is 2.58. The molecule has 0 bridgehead atoms. The molecule has 7 nitrogen and oxygen atoms in total. The fourth-order valence-electron chi connectivity index (χ4n) is 2.69. The van der Waals surface area contributed by atoms with E-state index in [1.54, 1.807) is 19.1 Å². The number of halogens is 1. The maximum atomic E-state index is 12.7. The first-order valence-electron chi connectivity index (χ1n) is 8.15. The van der Waals surface area contributed by atoms with E-state index in [0.29, 0.717) is 28.3 Å². The van der Waals surface area contributed by atoms with Crippen LogP contribution in [-0.2, 0) is 9.53 Å². The van der Waals surface area contributed by atoms with Crippen molar-refractivity contribution in [1.82, 2.24) is 10.6 Å². The zero-order valence-corrected chi connectivity index (χ0v) is 17.0. The highest BCUT2D eigenvalue weighted by atomic mass is 79.9. The van der Waals surface area contributed by atoms with Crippen molar-refractivity contribution < 1.29 is 23.8 Å². The van der Waals surface area contributed by atoms with Gasteiger partial charge in [-0.1, -0.05) is 29.8 Å². The van der Waals surface area contributed by atoms with E-state index < -0.39 is 18.0 Å². The highest BCUT2D eigenvalue weighted by molar-refractivity contribution is 9.10. The van der Waals surface area contributed by atoms with Crippen LogP contribution in [0.25, 0.3) is 0 Å². The summed E-state index contributed by atoms with van der Waals surface area (Å²) in [6.45, 7) is 5.86. The van der Waals surface area contributed by atoms with Crippen LogP contribution < -0.4 is 20.1 Å². The summed E-state index contributed by atoms with van der Waals surface area (Å²) in [6, 6.07) is 2.39. The van der Waals surface area contributed by atoms with Crippen molar-refractivity contribution in [2.75, 3.05) is 20.8 Å². The molecular weight excluding hydrogens is 404 g/mol. The molecule has 8 heteroatoms. The monoisotopic (exact) mass is 426 g/mol. The van der Waals surface area contributed by atoms with Gasteiger partial charge in [0.1, 0.15) is 0 Å². The summed E-state index contributed by atoms with van der Waals surface area (Å²) < 4.78 is 17.0. The topological polar surface area (TPSA) is 85.9 Å². The number of methoxy groups -OCH3 is 2. The Labute approximate surface area is 161 Å². The van der Waals surface area contributed by atoms with Crippen LogP contribution in [0.3, 0.4) is 0 Å². The van der Waals surface area contributed by atoms with Crippen LogP contribution in [0.4, 0.5) is 4.79 Å². The Kier molecular flexibility index (Phi) is 6.52. The average molecular weight is 427 g/mol. The molecule has 2 N–H and O–H groups in total. The number of allylic oxidation sites excluding steroid dienone is 1. The van der Waals surface area contributed by atoms with Crippen LogP contribution in [0, 0.1) is 5.92 Å². The maximum Gasteiger partial charge on any atom is 0.338 e. The number of amides is 2. The maximum absolute atomic E-state index is 12.7. The van der Waals surface area contributed by atoms with Gasteiger partial charge in [-0.25, -0.2) is 9.59 Å². The van der Waals surface area contributed by atoms with E-state index in [1.165, 1.54) is 14.2 Å². The fraction of sp³-hybridized carbons (Fsp3) is 0.444. The van der Waals surface area contributed by atoms with Crippen LogP contribution in [0.1, 0.15) is 32.4 Å². The van der Waals surface area contributed by atoms with Gasteiger partial charge in [0.15, 0.2) is 11.5 Å². The molecule has 1 heterocycles. The first kappa shape index (κ1) is 20.1.